The molecule has 0 unspecified atom stereocenters. The molecule has 0 spiro atoms. The molecule has 6 heterocycles. The highest BCUT2D eigenvalue weighted by Crippen LogP contribution is 2.41. The fourth-order valence-electron chi connectivity index (χ4n) is 5.70. The zero-order chi connectivity index (χ0) is 33.6. The lowest BCUT2D eigenvalue weighted by Gasteiger charge is -2.49. The van der Waals surface area contributed by atoms with Crippen LogP contribution in [-0.2, 0) is 30.5 Å². The number of nitrogens with zero attached hydrogens (tertiary/aromatic N) is 6. The average Bonchev–Trinajstić information content (AvgIpc) is 3.83. The maximum absolute atomic E-state index is 13.4. The Balaban J connectivity index is 0.00000451. The number of rotatable bonds is 8. The fourth-order valence-corrected chi connectivity index (χ4v) is 7.44. The number of halogens is 1. The molecule has 6 rings (SSSR count). The number of aliphatic carboxylic acids is 1. The van der Waals surface area contributed by atoms with Gasteiger partial charge >= 0.3 is 17.9 Å². The average molecular weight is 727 g/mol. The number of thioether (sulfide) groups is 1. The van der Waals surface area contributed by atoms with E-state index in [2.05, 4.69) is 19.8 Å². The third kappa shape index (κ3) is 6.34. The van der Waals surface area contributed by atoms with Crippen LogP contribution in [-0.4, -0.2) is 113 Å². The van der Waals surface area contributed by atoms with Crippen molar-refractivity contribution >= 4 is 76.3 Å². The summed E-state index contributed by atoms with van der Waals surface area (Å²) in [5.41, 5.74) is 5.29. The fraction of sp³-hybridized carbons (Fsp3) is 0.423. The number of nitrogens with one attached hydrogen (secondary N) is 1. The first kappa shape index (κ1) is 34.4. The van der Waals surface area contributed by atoms with Gasteiger partial charge in [0.05, 0.1) is 6.04 Å². The highest BCUT2D eigenvalue weighted by molar-refractivity contribution is 8.00. The first-order chi connectivity index (χ1) is 22.5. The van der Waals surface area contributed by atoms with Gasteiger partial charge in [0, 0.05) is 42.5 Å². The van der Waals surface area contributed by atoms with E-state index in [0.717, 1.165) is 16.4 Å². The van der Waals surface area contributed by atoms with E-state index in [0.29, 0.717) is 31.5 Å². The molecule has 3 fully saturated rings. The van der Waals surface area contributed by atoms with Crippen molar-refractivity contribution in [3.05, 3.63) is 50.9 Å². The number of β-lactam (4-membered cyclic amide) rings is 1. The summed E-state index contributed by atoms with van der Waals surface area (Å²) in [5.74, 6) is -4.02. The number of ether oxygens (including phenoxy) is 1. The largest absolute Gasteiger partial charge is 0.519 e. The molecule has 0 aliphatic carbocycles. The van der Waals surface area contributed by atoms with Crippen LogP contribution >= 0.6 is 35.7 Å². The molecular weight excluding hydrogens is 700 g/mol. The molecule has 0 aromatic carbocycles. The second kappa shape index (κ2) is 13.7. The number of carbonyl (C=O) groups excluding carboxylic acids is 4. The maximum Gasteiger partial charge on any atom is 0.519 e. The molecule has 0 radical (unpaired) electrons. The summed E-state index contributed by atoms with van der Waals surface area (Å²) in [5, 5.41) is 24.0. The molecule has 4 aliphatic rings. The Bertz CT molecular complexity index is 1830. The van der Waals surface area contributed by atoms with Crippen molar-refractivity contribution in [2.45, 2.75) is 43.8 Å². The van der Waals surface area contributed by atoms with Crippen LogP contribution < -0.4 is 16.9 Å². The van der Waals surface area contributed by atoms with Gasteiger partial charge in [0.1, 0.15) is 17.1 Å². The molecule has 3 saturated heterocycles. The van der Waals surface area contributed by atoms with Gasteiger partial charge in [-0.25, -0.2) is 14.4 Å². The number of anilines is 1. The summed E-state index contributed by atoms with van der Waals surface area (Å²) in [7, 11) is 0. The first-order valence-corrected chi connectivity index (χ1v) is 15.8. The lowest BCUT2D eigenvalue weighted by molar-refractivity contribution is -0.150. The Hall–Kier alpha value is -4.89. The Labute approximate surface area is 284 Å². The van der Waals surface area contributed by atoms with Gasteiger partial charge in [-0.1, -0.05) is 5.16 Å². The molecule has 2 aromatic rings. The van der Waals surface area contributed by atoms with Gasteiger partial charge in [-0.15, -0.1) is 24.2 Å². The minimum atomic E-state index is -1.38. The number of likely N-dealkylation sites (tertiary alicyclic amines) is 2. The maximum atomic E-state index is 13.4. The van der Waals surface area contributed by atoms with E-state index in [9.17, 15) is 39.1 Å². The molecule has 256 valence electrons. The molecular formula is C26H27ClN8O11S2. The number of hydrogen-bond acceptors (Lipinski definition) is 16. The van der Waals surface area contributed by atoms with Gasteiger partial charge in [-0.2, -0.15) is 9.36 Å². The number of allylic oxidation sites excluding steroid dienone is 1. The normalized spacial score (nSPS) is 23.3. The van der Waals surface area contributed by atoms with E-state index in [1.54, 1.807) is 4.90 Å². The molecule has 0 bridgehead atoms. The zero-order valence-corrected chi connectivity index (χ0v) is 27.3. The van der Waals surface area contributed by atoms with Crippen LogP contribution in [0.1, 0.15) is 30.2 Å². The molecule has 3 atom stereocenters. The van der Waals surface area contributed by atoms with E-state index in [4.69, 9.17) is 19.3 Å². The number of amides is 4. The van der Waals surface area contributed by atoms with Crippen LogP contribution in [0.15, 0.2) is 41.7 Å². The lowest BCUT2D eigenvalue weighted by Crippen LogP contribution is -2.71. The van der Waals surface area contributed by atoms with Crippen molar-refractivity contribution in [3.8, 4) is 0 Å². The summed E-state index contributed by atoms with van der Waals surface area (Å²) in [6.45, 7) is 2.14. The third-order valence-corrected chi connectivity index (χ3v) is 9.83. The van der Waals surface area contributed by atoms with E-state index in [1.807, 2.05) is 0 Å². The Morgan fingerprint density at radius 1 is 1.23 bits per heavy atom. The number of nitrogens with two attached hydrogens (primary N) is 1. The van der Waals surface area contributed by atoms with Crippen LogP contribution in [0.2, 0.25) is 0 Å². The van der Waals surface area contributed by atoms with Gasteiger partial charge in [0.2, 0.25) is 17.4 Å². The van der Waals surface area contributed by atoms with Crippen LogP contribution in [0.5, 0.6) is 0 Å². The minimum Gasteiger partial charge on any atom is -0.477 e. The van der Waals surface area contributed by atoms with E-state index in [1.165, 1.54) is 29.7 Å². The number of carbonyl (C=O) groups is 5. The number of carboxylic acids is 1. The molecule has 4 amide bonds. The molecule has 4 aliphatic heterocycles. The quantitative estimate of drug-likeness (QED) is 0.0908. The van der Waals surface area contributed by atoms with Gasteiger partial charge in [0.25, 0.3) is 11.8 Å². The van der Waals surface area contributed by atoms with Crippen LogP contribution in [0, 0.1) is 6.92 Å². The Morgan fingerprint density at radius 2 is 2.00 bits per heavy atom. The molecule has 2 aromatic heterocycles. The second-order valence-corrected chi connectivity index (χ2v) is 12.6. The molecule has 0 saturated carbocycles. The summed E-state index contributed by atoms with van der Waals surface area (Å²) >= 11 is 1.97. The Morgan fingerprint density at radius 3 is 2.65 bits per heavy atom. The topological polar surface area (TPSA) is 264 Å². The van der Waals surface area contributed by atoms with Crippen LogP contribution in [0.3, 0.4) is 0 Å². The smallest absolute Gasteiger partial charge is 0.477 e. The Kier molecular flexibility index (Phi) is 9.82. The summed E-state index contributed by atoms with van der Waals surface area (Å²) < 4.78 is 18.6. The van der Waals surface area contributed by atoms with Crippen molar-refractivity contribution in [2.24, 2.45) is 5.16 Å². The number of hydrogen-bond donors (Lipinski definition) is 4. The van der Waals surface area contributed by atoms with Crippen LogP contribution in [0.25, 0.3) is 0 Å². The van der Waals surface area contributed by atoms with E-state index < -0.39 is 46.8 Å². The van der Waals surface area contributed by atoms with Crippen molar-refractivity contribution in [1.82, 2.24) is 29.4 Å². The van der Waals surface area contributed by atoms with Crippen molar-refractivity contribution in [3.63, 3.8) is 0 Å². The number of oxime groups is 1. The summed E-state index contributed by atoms with van der Waals surface area (Å²) in [4.78, 5) is 83.2. The predicted molar refractivity (Wildman–Crippen MR) is 166 cm³/mol. The van der Waals surface area contributed by atoms with Crippen molar-refractivity contribution < 1.29 is 47.9 Å². The second-order valence-electron chi connectivity index (χ2n) is 10.7. The van der Waals surface area contributed by atoms with Crippen molar-refractivity contribution in [1.29, 1.82) is 0 Å². The molecule has 5 N–H and O–H groups in total. The molecule has 22 heteroatoms. The number of fused-ring (bicyclic) bond motifs is 1. The van der Waals surface area contributed by atoms with Crippen LogP contribution in [0.4, 0.5) is 9.93 Å². The lowest BCUT2D eigenvalue weighted by atomic mass is 10.0. The highest BCUT2D eigenvalue weighted by Gasteiger charge is 2.54. The summed E-state index contributed by atoms with van der Waals surface area (Å²) in [6, 6.07) is -1.41. The number of aryl methyl sites for hydroxylation is 1. The molecule has 19 nitrogen and oxygen atoms in total. The van der Waals surface area contributed by atoms with E-state index >= 15 is 0 Å². The van der Waals surface area contributed by atoms with E-state index in [-0.39, 0.29) is 77.0 Å². The summed E-state index contributed by atoms with van der Waals surface area (Å²) in [6.07, 6.45) is 1.68. The van der Waals surface area contributed by atoms with Crippen molar-refractivity contribution in [2.75, 3.05) is 31.1 Å². The number of aromatic nitrogens is 2. The standard InChI is InChI=1S/C26H26N8O11S2.ClH/c1-10-14(45-26(41)44-10)8-43-25(40)32-4-3-13(7-32)33-5-2-11(20(33)36)6-12-9-46-22-16(21(37)34(22)17(12)23(38)39)28-19(35)15(30-42)18-29-24(27)47-31-18;/h6,13,16,22,42H,2-5,7-9H2,1H3,(H,28,35)(H,38,39)(H2,27,29,31);1H/b11-6+,30-15+;/t13-,16-,22-;/m1./s1. The highest BCUT2D eigenvalue weighted by atomic mass is 35.5. The first-order valence-electron chi connectivity index (χ1n) is 14.0. The third-order valence-electron chi connectivity index (χ3n) is 7.99. The molecule has 48 heavy (non-hydrogen) atoms. The number of carboxylic acid groups (broad SMARTS) is 1. The predicted octanol–water partition coefficient (Wildman–Crippen LogP) is -0.117. The number of nitrogen functional groups attached to an aromatic ring is 1. The monoisotopic (exact) mass is 726 g/mol. The van der Waals surface area contributed by atoms with Gasteiger partial charge < -0.3 is 44.7 Å². The van der Waals surface area contributed by atoms with Gasteiger partial charge in [-0.3, -0.25) is 19.3 Å². The zero-order valence-electron chi connectivity index (χ0n) is 24.8. The SMILES string of the molecule is Cc1oc(=O)oc1COC(=O)N1CC[C@@H](N2CC/C(=C\C3=C(C(=O)O)N4C(=O)[C@@H](NC(=O)/C(=N/O)c5nsc(N)n5)[C@H]4SC3)C2=O)C1.Cl. The van der Waals surface area contributed by atoms with Gasteiger partial charge in [-0.05, 0) is 31.4 Å². The minimum absolute atomic E-state index is 0. The van der Waals surface area contributed by atoms with Gasteiger partial charge in [0.15, 0.2) is 23.3 Å².